The van der Waals surface area contributed by atoms with Gasteiger partial charge in [-0.25, -0.2) is 5.01 Å². The van der Waals surface area contributed by atoms with Crippen LogP contribution < -0.4 is 16.0 Å². The van der Waals surface area contributed by atoms with Crippen LogP contribution in [0.1, 0.15) is 48.0 Å². The summed E-state index contributed by atoms with van der Waals surface area (Å²) in [4.78, 5) is 87.1. The molecule has 0 radical (unpaired) electrons. The first-order valence-corrected chi connectivity index (χ1v) is 13.7. The number of hydrogen-bond acceptors (Lipinski definition) is 7. The lowest BCUT2D eigenvalue weighted by Crippen LogP contribution is -2.64. The molecule has 2 saturated heterocycles. The lowest BCUT2D eigenvalue weighted by atomic mass is 10.0. The third-order valence-corrected chi connectivity index (χ3v) is 7.00. The molecule has 2 aliphatic heterocycles. The highest BCUT2D eigenvalue weighted by Gasteiger charge is 2.45. The van der Waals surface area contributed by atoms with Gasteiger partial charge in [-0.05, 0) is 55.2 Å². The summed E-state index contributed by atoms with van der Waals surface area (Å²) >= 11 is 0. The van der Waals surface area contributed by atoms with Gasteiger partial charge in [-0.2, -0.15) is 0 Å². The van der Waals surface area contributed by atoms with Crippen molar-refractivity contribution in [1.82, 2.24) is 20.7 Å². The van der Waals surface area contributed by atoms with E-state index in [1.54, 1.807) is 6.08 Å². The number of aliphatic carboxylic acids is 1. The van der Waals surface area contributed by atoms with Gasteiger partial charge in [-0.15, -0.1) is 0 Å². The number of hydrazine groups is 1. The molecular weight excluding hydrogens is 558 g/mol. The van der Waals surface area contributed by atoms with Crippen molar-refractivity contribution in [3.63, 3.8) is 0 Å². The first-order chi connectivity index (χ1) is 20.7. The fourth-order valence-corrected chi connectivity index (χ4v) is 4.87. The van der Waals surface area contributed by atoms with E-state index in [0.29, 0.717) is 18.4 Å². The molecule has 4 rings (SSSR count). The van der Waals surface area contributed by atoms with Gasteiger partial charge < -0.3 is 25.9 Å². The first-order valence-electron chi connectivity index (χ1n) is 13.7. The molecule has 2 fully saturated rings. The minimum absolute atomic E-state index is 0.00259. The Morgan fingerprint density at radius 3 is 2.40 bits per heavy atom. The Bertz CT molecular complexity index is 1430. The van der Waals surface area contributed by atoms with Crippen molar-refractivity contribution < 1.29 is 38.7 Å². The maximum atomic E-state index is 13.6. The fourth-order valence-electron chi connectivity index (χ4n) is 4.87. The molecule has 43 heavy (non-hydrogen) atoms. The van der Waals surface area contributed by atoms with Gasteiger partial charge in [-0.1, -0.05) is 30.3 Å². The second-order valence-electron chi connectivity index (χ2n) is 10.1. The molecule has 5 amide bonds. The third-order valence-electron chi connectivity index (χ3n) is 7.00. The highest BCUT2D eigenvalue weighted by molar-refractivity contribution is 6.03. The highest BCUT2D eigenvalue weighted by Crippen LogP contribution is 2.25. The monoisotopic (exact) mass is 589 g/mol. The zero-order valence-electron chi connectivity index (χ0n) is 23.1. The second-order valence-corrected chi connectivity index (χ2v) is 10.1. The van der Waals surface area contributed by atoms with Crippen molar-refractivity contribution in [3.05, 3.63) is 71.8 Å². The molecule has 4 N–H and O–H groups in total. The maximum absolute atomic E-state index is 13.6. The number of anilines is 1. The highest BCUT2D eigenvalue weighted by atomic mass is 16.4. The molecule has 0 aliphatic carbocycles. The molecule has 2 heterocycles. The summed E-state index contributed by atoms with van der Waals surface area (Å²) in [5, 5.41) is 18.8. The first kappa shape index (κ1) is 30.6. The number of rotatable bonds is 10. The number of carboxylic acid groups (broad SMARTS) is 1. The zero-order chi connectivity index (χ0) is 30.9. The minimum Gasteiger partial charge on any atom is -0.481 e. The topological polar surface area (TPSA) is 182 Å². The lowest BCUT2D eigenvalue weighted by Gasteiger charge is -2.43. The Kier molecular flexibility index (Phi) is 9.99. The number of fused-ring (bicyclic) bond motifs is 1. The molecule has 3 atom stereocenters. The van der Waals surface area contributed by atoms with Gasteiger partial charge in [0.15, 0.2) is 0 Å². The normalized spacial score (nSPS) is 19.2. The SMILES string of the molecule is O=C[C@H](CC(=O)O)NC(=O)[C@@H]1CCCN2C(=O)CC[C@H](NC(=O)c3ccc(NC(=O)C=Cc4ccccc4)cc3)C(=O)N12. The van der Waals surface area contributed by atoms with Gasteiger partial charge in [0.25, 0.3) is 11.8 Å². The summed E-state index contributed by atoms with van der Waals surface area (Å²) in [5.41, 5.74) is 1.51. The summed E-state index contributed by atoms with van der Waals surface area (Å²) in [7, 11) is 0. The van der Waals surface area contributed by atoms with Gasteiger partial charge in [0.05, 0.1) is 12.5 Å². The molecule has 2 aromatic rings. The van der Waals surface area contributed by atoms with Crippen LogP contribution in [0.5, 0.6) is 0 Å². The Morgan fingerprint density at radius 2 is 1.72 bits per heavy atom. The summed E-state index contributed by atoms with van der Waals surface area (Å²) in [5.74, 6) is -4.09. The number of hydrogen-bond donors (Lipinski definition) is 4. The van der Waals surface area contributed by atoms with Crippen LogP contribution in [0, 0.1) is 0 Å². The van der Waals surface area contributed by atoms with E-state index in [2.05, 4.69) is 16.0 Å². The molecule has 224 valence electrons. The zero-order valence-corrected chi connectivity index (χ0v) is 23.1. The molecule has 0 saturated carbocycles. The van der Waals surface area contributed by atoms with Crippen molar-refractivity contribution in [2.45, 2.75) is 50.2 Å². The standard InChI is InChI=1S/C30H31N5O8/c36-18-22(17-27(39)40)32-29(42)24-7-4-16-34-26(38)15-13-23(30(43)35(24)34)33-28(41)20-9-11-21(12-10-20)31-25(37)14-8-19-5-2-1-3-6-19/h1-3,5-6,8-12,14,18,22-24H,4,7,13,15-17H2,(H,31,37)(H,32,42)(H,33,41)(H,39,40)/t22-,23-,24-/m0/s1. The minimum atomic E-state index is -1.30. The van der Waals surface area contributed by atoms with Crippen molar-refractivity contribution in [1.29, 1.82) is 0 Å². The van der Waals surface area contributed by atoms with Crippen LogP contribution >= 0.6 is 0 Å². The van der Waals surface area contributed by atoms with Gasteiger partial charge in [0, 0.05) is 30.3 Å². The smallest absolute Gasteiger partial charge is 0.305 e. The Labute approximate surface area is 246 Å². The molecule has 0 unspecified atom stereocenters. The van der Waals surface area contributed by atoms with Crippen molar-refractivity contribution >= 4 is 53.6 Å². The number of nitrogens with one attached hydrogen (secondary N) is 3. The quantitative estimate of drug-likeness (QED) is 0.235. The molecule has 13 heteroatoms. The molecule has 0 aromatic heterocycles. The predicted octanol–water partition coefficient (Wildman–Crippen LogP) is 1.12. The van der Waals surface area contributed by atoms with Crippen LogP contribution in [0.3, 0.4) is 0 Å². The number of carbonyl (C=O) groups is 7. The Balaban J connectivity index is 1.41. The second kappa shape index (κ2) is 14.0. The summed E-state index contributed by atoms with van der Waals surface area (Å²) < 4.78 is 0. The molecule has 0 spiro atoms. The number of amides is 5. The van der Waals surface area contributed by atoms with E-state index in [4.69, 9.17) is 5.11 Å². The molecule has 2 aliphatic rings. The van der Waals surface area contributed by atoms with Gasteiger partial charge in [0.1, 0.15) is 18.4 Å². The molecular formula is C30H31N5O8. The van der Waals surface area contributed by atoms with E-state index in [9.17, 15) is 33.6 Å². The third kappa shape index (κ3) is 7.91. The van der Waals surface area contributed by atoms with Gasteiger partial charge >= 0.3 is 5.97 Å². The number of carboxylic acids is 1. The van der Waals surface area contributed by atoms with Gasteiger partial charge in [-0.3, -0.25) is 33.8 Å². The molecule has 0 bridgehead atoms. The molecule has 13 nitrogen and oxygen atoms in total. The average Bonchev–Trinajstić information content (AvgIpc) is 3.12. The van der Waals surface area contributed by atoms with E-state index in [1.165, 1.54) is 35.4 Å². The fraction of sp³-hybridized carbons (Fsp3) is 0.300. The predicted molar refractivity (Wildman–Crippen MR) is 153 cm³/mol. The van der Waals surface area contributed by atoms with Crippen LogP contribution in [0.15, 0.2) is 60.7 Å². The number of benzene rings is 2. The number of aldehydes is 1. The van der Waals surface area contributed by atoms with Crippen molar-refractivity contribution in [2.75, 3.05) is 11.9 Å². The van der Waals surface area contributed by atoms with Crippen LogP contribution in [-0.4, -0.2) is 81.6 Å². The summed E-state index contributed by atoms with van der Waals surface area (Å²) in [6.07, 6.45) is 3.24. The van der Waals surface area contributed by atoms with E-state index >= 15 is 0 Å². The molecule has 2 aromatic carbocycles. The van der Waals surface area contributed by atoms with E-state index in [1.807, 2.05) is 30.3 Å². The summed E-state index contributed by atoms with van der Waals surface area (Å²) in [6.45, 7) is 0.189. The van der Waals surface area contributed by atoms with Gasteiger partial charge in [0.2, 0.25) is 17.7 Å². The largest absolute Gasteiger partial charge is 0.481 e. The van der Waals surface area contributed by atoms with Crippen molar-refractivity contribution in [2.24, 2.45) is 0 Å². The number of nitrogens with zero attached hydrogens (tertiary/aromatic N) is 2. The van der Waals surface area contributed by atoms with E-state index in [0.717, 1.165) is 10.6 Å². The van der Waals surface area contributed by atoms with Crippen molar-refractivity contribution in [3.8, 4) is 0 Å². The van der Waals surface area contributed by atoms with Crippen LogP contribution in [0.4, 0.5) is 5.69 Å². The van der Waals surface area contributed by atoms with E-state index < -0.39 is 54.1 Å². The van der Waals surface area contributed by atoms with E-state index in [-0.39, 0.29) is 37.3 Å². The number of carbonyl (C=O) groups excluding carboxylic acids is 6. The van der Waals surface area contributed by atoms with Crippen LogP contribution in [-0.2, 0) is 28.8 Å². The van der Waals surface area contributed by atoms with Crippen LogP contribution in [0.25, 0.3) is 6.08 Å². The maximum Gasteiger partial charge on any atom is 0.305 e. The summed E-state index contributed by atoms with van der Waals surface area (Å²) in [6, 6.07) is 11.7. The average molecular weight is 590 g/mol. The van der Waals surface area contributed by atoms with Crippen LogP contribution in [0.2, 0.25) is 0 Å². The Hall–Kier alpha value is -5.33. The lowest BCUT2D eigenvalue weighted by molar-refractivity contribution is -0.176. The Morgan fingerprint density at radius 1 is 1.00 bits per heavy atom.